The van der Waals surface area contributed by atoms with E-state index in [4.69, 9.17) is 14.2 Å². The van der Waals surface area contributed by atoms with Gasteiger partial charge in [0.05, 0.1) is 0 Å². The van der Waals surface area contributed by atoms with Crippen LogP contribution in [0.5, 0.6) is 0 Å². The van der Waals surface area contributed by atoms with Crippen LogP contribution in [0.1, 0.15) is 355 Å². The molecule has 0 radical (unpaired) electrons. The third-order valence-corrected chi connectivity index (χ3v) is 14.1. The Balaban J connectivity index is 4.08. The summed E-state index contributed by atoms with van der Waals surface area (Å²) in [5, 5.41) is 0. The number of rotatable bonds is 57. The lowest BCUT2D eigenvalue weighted by molar-refractivity contribution is -0.167. The van der Waals surface area contributed by atoms with Gasteiger partial charge in [-0.25, -0.2) is 0 Å². The molecule has 1 atom stereocenters. The number of ether oxygens (including phenoxy) is 3. The SMILES string of the molecule is CCCCCCCCCCCCCCCCCCCCCCCCCCCCC(=O)OCC(COC(=O)CCCCCCCCCCCC)OC(=O)CCCCCCCCCCCCCCC. The first-order valence-electron chi connectivity index (χ1n) is 30.5. The predicted octanol–water partition coefficient (Wildman–Crippen LogP) is 20.3. The van der Waals surface area contributed by atoms with Gasteiger partial charge >= 0.3 is 17.9 Å². The Morgan fingerprint density at radius 3 is 0.597 bits per heavy atom. The third-order valence-electron chi connectivity index (χ3n) is 14.1. The fraction of sp³-hybridized carbons (Fsp3) is 0.951. The third kappa shape index (κ3) is 55.2. The largest absolute Gasteiger partial charge is 0.462 e. The van der Waals surface area contributed by atoms with Gasteiger partial charge in [0.25, 0.3) is 0 Å². The molecular weight excluding hydrogens is 829 g/mol. The van der Waals surface area contributed by atoms with Crippen molar-refractivity contribution in [1.82, 2.24) is 0 Å². The first-order chi connectivity index (χ1) is 33.0. The zero-order chi connectivity index (χ0) is 48.6. The van der Waals surface area contributed by atoms with Crippen molar-refractivity contribution in [3.05, 3.63) is 0 Å². The molecule has 0 spiro atoms. The molecule has 6 nitrogen and oxygen atoms in total. The molecule has 6 heteroatoms. The first-order valence-corrected chi connectivity index (χ1v) is 30.5. The number of carbonyl (C=O) groups is 3. The number of unbranched alkanes of at least 4 members (excludes halogenated alkanes) is 46. The highest BCUT2D eigenvalue weighted by atomic mass is 16.6. The Labute approximate surface area is 418 Å². The van der Waals surface area contributed by atoms with E-state index in [1.165, 1.54) is 257 Å². The second-order valence-electron chi connectivity index (χ2n) is 21.0. The van der Waals surface area contributed by atoms with E-state index in [0.29, 0.717) is 19.3 Å². The molecule has 0 fully saturated rings. The molecule has 0 aromatic rings. The molecule has 0 saturated carbocycles. The minimum atomic E-state index is -0.760. The predicted molar refractivity (Wildman–Crippen MR) is 289 cm³/mol. The Morgan fingerprint density at radius 2 is 0.403 bits per heavy atom. The molecule has 0 rings (SSSR count). The average molecular weight is 948 g/mol. The number of hydrogen-bond acceptors (Lipinski definition) is 6. The van der Waals surface area contributed by atoms with Crippen LogP contribution in [0.4, 0.5) is 0 Å². The highest BCUT2D eigenvalue weighted by molar-refractivity contribution is 5.71. The molecule has 1 unspecified atom stereocenters. The second-order valence-corrected chi connectivity index (χ2v) is 21.0. The Hall–Kier alpha value is -1.59. The van der Waals surface area contributed by atoms with Crippen LogP contribution < -0.4 is 0 Å². The van der Waals surface area contributed by atoms with Crippen LogP contribution in [0.3, 0.4) is 0 Å². The molecule has 0 heterocycles. The monoisotopic (exact) mass is 947 g/mol. The van der Waals surface area contributed by atoms with E-state index >= 15 is 0 Å². The quantitative estimate of drug-likeness (QED) is 0.0343. The maximum absolute atomic E-state index is 12.8. The summed E-state index contributed by atoms with van der Waals surface area (Å²) in [7, 11) is 0. The zero-order valence-electron chi connectivity index (χ0n) is 45.7. The number of carbonyl (C=O) groups excluding carboxylic acids is 3. The van der Waals surface area contributed by atoms with Gasteiger partial charge in [0, 0.05) is 19.3 Å². The Morgan fingerprint density at radius 1 is 0.239 bits per heavy atom. The molecule has 0 aliphatic rings. The van der Waals surface area contributed by atoms with Gasteiger partial charge in [-0.15, -0.1) is 0 Å². The molecule has 0 aliphatic carbocycles. The minimum Gasteiger partial charge on any atom is -0.462 e. The summed E-state index contributed by atoms with van der Waals surface area (Å²) < 4.78 is 16.9. The first kappa shape index (κ1) is 65.4. The van der Waals surface area contributed by atoms with Gasteiger partial charge in [-0.3, -0.25) is 14.4 Å². The van der Waals surface area contributed by atoms with Crippen LogP contribution in [0.15, 0.2) is 0 Å². The van der Waals surface area contributed by atoms with Crippen LogP contribution in [0.2, 0.25) is 0 Å². The molecule has 0 bridgehead atoms. The van der Waals surface area contributed by atoms with Crippen LogP contribution in [0.25, 0.3) is 0 Å². The summed E-state index contributed by atoms with van der Waals surface area (Å²) >= 11 is 0. The van der Waals surface area contributed by atoms with Gasteiger partial charge in [-0.05, 0) is 19.3 Å². The Kier molecular flexibility index (Phi) is 55.6. The van der Waals surface area contributed by atoms with Crippen LogP contribution in [-0.4, -0.2) is 37.2 Å². The average Bonchev–Trinajstić information content (AvgIpc) is 3.33. The van der Waals surface area contributed by atoms with E-state index in [9.17, 15) is 14.4 Å². The van der Waals surface area contributed by atoms with Crippen molar-refractivity contribution in [2.45, 2.75) is 361 Å². The fourth-order valence-corrected chi connectivity index (χ4v) is 9.51. The van der Waals surface area contributed by atoms with Crippen LogP contribution >= 0.6 is 0 Å². The molecule has 0 amide bonds. The smallest absolute Gasteiger partial charge is 0.306 e. The van der Waals surface area contributed by atoms with Crippen molar-refractivity contribution in [3.8, 4) is 0 Å². The summed E-state index contributed by atoms with van der Waals surface area (Å²) in [6.45, 7) is 6.69. The molecular formula is C61H118O6. The van der Waals surface area contributed by atoms with Gasteiger partial charge in [-0.2, -0.15) is 0 Å². The van der Waals surface area contributed by atoms with Crippen molar-refractivity contribution in [2.24, 2.45) is 0 Å². The van der Waals surface area contributed by atoms with E-state index in [0.717, 1.165) is 57.8 Å². The molecule has 0 saturated heterocycles. The molecule has 0 aliphatic heterocycles. The maximum atomic E-state index is 12.8. The zero-order valence-corrected chi connectivity index (χ0v) is 45.7. The Bertz CT molecular complexity index is 998. The standard InChI is InChI=1S/C61H118O6/c1-4-7-10-13-16-19-22-24-25-26-27-28-29-30-31-32-33-34-35-36-38-39-42-45-48-51-54-60(63)66-57-58(56-65-59(62)53-50-47-44-41-21-18-15-12-9-6-3)67-61(64)55-52-49-46-43-40-37-23-20-17-14-11-8-5-2/h58H,4-57H2,1-3H3. The summed E-state index contributed by atoms with van der Waals surface area (Å²) in [4.78, 5) is 38.1. The van der Waals surface area contributed by atoms with Crippen molar-refractivity contribution >= 4 is 17.9 Å². The highest BCUT2D eigenvalue weighted by Gasteiger charge is 2.19. The van der Waals surface area contributed by atoms with Crippen molar-refractivity contribution in [2.75, 3.05) is 13.2 Å². The van der Waals surface area contributed by atoms with Crippen molar-refractivity contribution in [3.63, 3.8) is 0 Å². The number of esters is 3. The molecule has 67 heavy (non-hydrogen) atoms. The maximum Gasteiger partial charge on any atom is 0.306 e. The lowest BCUT2D eigenvalue weighted by Gasteiger charge is -2.18. The van der Waals surface area contributed by atoms with Gasteiger partial charge < -0.3 is 14.2 Å². The van der Waals surface area contributed by atoms with Gasteiger partial charge in [0.1, 0.15) is 13.2 Å². The normalized spacial score (nSPS) is 11.9. The van der Waals surface area contributed by atoms with Gasteiger partial charge in [0.2, 0.25) is 0 Å². The lowest BCUT2D eigenvalue weighted by atomic mass is 10.0. The topological polar surface area (TPSA) is 78.9 Å². The molecule has 398 valence electrons. The van der Waals surface area contributed by atoms with Crippen LogP contribution in [-0.2, 0) is 28.6 Å². The summed E-state index contributed by atoms with van der Waals surface area (Å²) in [6, 6.07) is 0. The molecule has 0 N–H and O–H groups in total. The minimum absolute atomic E-state index is 0.0613. The van der Waals surface area contributed by atoms with Gasteiger partial charge in [-0.1, -0.05) is 316 Å². The molecule has 0 aromatic carbocycles. The van der Waals surface area contributed by atoms with Crippen molar-refractivity contribution < 1.29 is 28.6 Å². The van der Waals surface area contributed by atoms with Gasteiger partial charge in [0.15, 0.2) is 6.10 Å². The van der Waals surface area contributed by atoms with E-state index < -0.39 is 6.10 Å². The van der Waals surface area contributed by atoms with E-state index in [-0.39, 0.29) is 31.1 Å². The lowest BCUT2D eigenvalue weighted by Crippen LogP contribution is -2.30. The fourth-order valence-electron chi connectivity index (χ4n) is 9.51. The summed E-state index contributed by atoms with van der Waals surface area (Å²) in [6.07, 6.45) is 64.1. The van der Waals surface area contributed by atoms with E-state index in [1.807, 2.05) is 0 Å². The number of hydrogen-bond donors (Lipinski definition) is 0. The molecule has 0 aromatic heterocycles. The second kappa shape index (κ2) is 57.0. The highest BCUT2D eigenvalue weighted by Crippen LogP contribution is 2.18. The van der Waals surface area contributed by atoms with Crippen LogP contribution in [0, 0.1) is 0 Å². The summed E-state index contributed by atoms with van der Waals surface area (Å²) in [5.74, 6) is -0.835. The van der Waals surface area contributed by atoms with Crippen molar-refractivity contribution in [1.29, 1.82) is 0 Å². The van der Waals surface area contributed by atoms with E-state index in [2.05, 4.69) is 20.8 Å². The van der Waals surface area contributed by atoms with E-state index in [1.54, 1.807) is 0 Å². The summed E-state index contributed by atoms with van der Waals surface area (Å²) in [5.41, 5.74) is 0.